The lowest BCUT2D eigenvalue weighted by Crippen LogP contribution is -2.20. The maximum absolute atomic E-state index is 4.99. The molecule has 4 aromatic rings. The van der Waals surface area contributed by atoms with E-state index in [1.54, 1.807) is 0 Å². The minimum atomic E-state index is 0.840. The summed E-state index contributed by atoms with van der Waals surface area (Å²) in [5, 5.41) is 11.9. The van der Waals surface area contributed by atoms with Crippen LogP contribution in [0.4, 0.5) is 0 Å². The highest BCUT2D eigenvalue weighted by Crippen LogP contribution is 2.26. The minimum Gasteiger partial charge on any atom is -0.302 e. The van der Waals surface area contributed by atoms with Crippen molar-refractivity contribution in [2.24, 2.45) is 0 Å². The van der Waals surface area contributed by atoms with Gasteiger partial charge < -0.3 is 4.90 Å². The monoisotopic (exact) mass is 385 g/mol. The summed E-state index contributed by atoms with van der Waals surface area (Å²) >= 11 is 0. The second-order valence-corrected chi connectivity index (χ2v) is 7.70. The lowest BCUT2D eigenvalue weighted by molar-refractivity contribution is 0.331. The smallest absolute Gasteiger partial charge is 0.0972 e. The van der Waals surface area contributed by atoms with Crippen molar-refractivity contribution in [1.82, 2.24) is 24.9 Å². The van der Waals surface area contributed by atoms with Gasteiger partial charge in [0.25, 0.3) is 0 Å². The van der Waals surface area contributed by atoms with Crippen molar-refractivity contribution >= 4 is 0 Å². The first-order chi connectivity index (χ1) is 14.1. The van der Waals surface area contributed by atoms with E-state index in [-0.39, 0.29) is 0 Å². The van der Waals surface area contributed by atoms with Crippen molar-refractivity contribution in [2.45, 2.75) is 26.8 Å². The first kappa shape index (κ1) is 19.2. The number of nitrogens with zero attached hydrogens (tertiary/aromatic N) is 4. The van der Waals surface area contributed by atoms with E-state index in [0.29, 0.717) is 0 Å². The molecule has 2 aromatic heterocycles. The van der Waals surface area contributed by atoms with Gasteiger partial charge in [0, 0.05) is 36.6 Å². The highest BCUT2D eigenvalue weighted by Gasteiger charge is 2.15. The molecule has 0 aliphatic carbocycles. The molecule has 0 fully saturated rings. The zero-order chi connectivity index (χ0) is 20.2. The van der Waals surface area contributed by atoms with E-state index in [9.17, 15) is 0 Å². The summed E-state index contributed by atoms with van der Waals surface area (Å²) in [7, 11) is 2.16. The molecule has 0 atom stereocenters. The second-order valence-electron chi connectivity index (χ2n) is 7.70. The normalized spacial score (nSPS) is 11.3. The van der Waals surface area contributed by atoms with E-state index in [1.165, 1.54) is 22.3 Å². The maximum atomic E-state index is 4.99. The topological polar surface area (TPSA) is 49.7 Å². The summed E-state index contributed by atoms with van der Waals surface area (Å²) in [4.78, 5) is 2.34. The van der Waals surface area contributed by atoms with Gasteiger partial charge in [-0.2, -0.15) is 10.2 Å². The average molecular weight is 386 g/mol. The van der Waals surface area contributed by atoms with Crippen molar-refractivity contribution in [2.75, 3.05) is 13.6 Å². The molecule has 5 heteroatoms. The van der Waals surface area contributed by atoms with Gasteiger partial charge in [-0.25, -0.2) is 4.68 Å². The van der Waals surface area contributed by atoms with Crippen molar-refractivity contribution in [3.8, 4) is 16.9 Å². The van der Waals surface area contributed by atoms with Crippen molar-refractivity contribution in [3.63, 3.8) is 0 Å². The molecular formula is C24H27N5. The predicted octanol–water partition coefficient (Wildman–Crippen LogP) is 4.55. The zero-order valence-electron chi connectivity index (χ0n) is 17.3. The van der Waals surface area contributed by atoms with Crippen LogP contribution >= 0.6 is 0 Å². The number of benzene rings is 2. The standard InChI is InChI=1S/C24H27N5/c1-18-9-10-19(2)23(13-18)29-17-22(24(27-29)21-7-5-4-6-8-21)16-28(3)12-11-20-14-25-26-15-20/h4-10,13-15,17H,11-12,16H2,1-3H3,(H,25,26). The largest absolute Gasteiger partial charge is 0.302 e. The lowest BCUT2D eigenvalue weighted by Gasteiger charge is -2.16. The summed E-state index contributed by atoms with van der Waals surface area (Å²) in [6.45, 7) is 6.06. The fraction of sp³-hybridized carbons (Fsp3) is 0.250. The molecule has 2 heterocycles. The highest BCUT2D eigenvalue weighted by atomic mass is 15.3. The molecule has 0 unspecified atom stereocenters. The molecule has 0 amide bonds. The number of likely N-dealkylation sites (N-methyl/N-ethyl adjacent to an activating group) is 1. The highest BCUT2D eigenvalue weighted by molar-refractivity contribution is 5.63. The van der Waals surface area contributed by atoms with E-state index >= 15 is 0 Å². The van der Waals surface area contributed by atoms with E-state index in [1.807, 2.05) is 23.1 Å². The van der Waals surface area contributed by atoms with Gasteiger partial charge >= 0.3 is 0 Å². The second kappa shape index (κ2) is 8.45. The molecule has 4 rings (SSSR count). The zero-order valence-corrected chi connectivity index (χ0v) is 17.3. The molecule has 0 spiro atoms. The molecule has 0 saturated carbocycles. The number of aryl methyl sites for hydroxylation is 2. The van der Waals surface area contributed by atoms with Crippen LogP contribution in [0.15, 0.2) is 67.1 Å². The van der Waals surface area contributed by atoms with E-state index in [4.69, 9.17) is 5.10 Å². The van der Waals surface area contributed by atoms with Crippen molar-refractivity contribution in [1.29, 1.82) is 0 Å². The van der Waals surface area contributed by atoms with Gasteiger partial charge in [-0.15, -0.1) is 0 Å². The third kappa shape index (κ3) is 4.46. The van der Waals surface area contributed by atoms with Crippen LogP contribution in [-0.4, -0.2) is 38.5 Å². The fourth-order valence-electron chi connectivity index (χ4n) is 3.56. The van der Waals surface area contributed by atoms with Crippen molar-refractivity contribution in [3.05, 3.63) is 89.4 Å². The van der Waals surface area contributed by atoms with Crippen LogP contribution in [0.25, 0.3) is 16.9 Å². The molecule has 0 saturated heterocycles. The Labute approximate surface area is 172 Å². The quantitative estimate of drug-likeness (QED) is 0.508. The van der Waals surface area contributed by atoms with Crippen LogP contribution in [0.2, 0.25) is 0 Å². The van der Waals surface area contributed by atoms with Crippen LogP contribution in [0, 0.1) is 13.8 Å². The van der Waals surface area contributed by atoms with Gasteiger partial charge in [-0.1, -0.05) is 42.5 Å². The molecule has 0 radical (unpaired) electrons. The number of nitrogens with one attached hydrogen (secondary N) is 1. The first-order valence-corrected chi connectivity index (χ1v) is 9.98. The Morgan fingerprint density at radius 3 is 2.66 bits per heavy atom. The molecule has 0 aliphatic heterocycles. The fourth-order valence-corrected chi connectivity index (χ4v) is 3.56. The van der Waals surface area contributed by atoms with E-state index < -0.39 is 0 Å². The third-order valence-electron chi connectivity index (χ3n) is 5.23. The number of hydrogen-bond acceptors (Lipinski definition) is 3. The molecule has 5 nitrogen and oxygen atoms in total. The Morgan fingerprint density at radius 2 is 1.90 bits per heavy atom. The Kier molecular flexibility index (Phi) is 5.58. The Hall–Kier alpha value is -3.18. The Balaban J connectivity index is 1.64. The van der Waals surface area contributed by atoms with Gasteiger partial charge in [0.1, 0.15) is 0 Å². The van der Waals surface area contributed by atoms with Crippen LogP contribution in [-0.2, 0) is 13.0 Å². The summed E-state index contributed by atoms with van der Waals surface area (Å²) in [6.07, 6.45) is 7.00. The summed E-state index contributed by atoms with van der Waals surface area (Å²) in [5.74, 6) is 0. The Bertz CT molecular complexity index is 1060. The van der Waals surface area contributed by atoms with Gasteiger partial charge in [0.2, 0.25) is 0 Å². The van der Waals surface area contributed by atoms with Crippen LogP contribution in [0.1, 0.15) is 22.3 Å². The predicted molar refractivity (Wildman–Crippen MR) is 117 cm³/mol. The molecule has 148 valence electrons. The minimum absolute atomic E-state index is 0.840. The number of hydrogen-bond donors (Lipinski definition) is 1. The third-order valence-corrected chi connectivity index (χ3v) is 5.23. The number of aromatic amines is 1. The maximum Gasteiger partial charge on any atom is 0.0972 e. The summed E-state index contributed by atoms with van der Waals surface area (Å²) in [5.41, 5.74) is 8.24. The van der Waals surface area contributed by atoms with Gasteiger partial charge in [0.05, 0.1) is 17.6 Å². The van der Waals surface area contributed by atoms with Crippen LogP contribution < -0.4 is 0 Å². The summed E-state index contributed by atoms with van der Waals surface area (Å²) in [6, 6.07) is 16.9. The van der Waals surface area contributed by atoms with Gasteiger partial charge in [-0.3, -0.25) is 5.10 Å². The summed E-state index contributed by atoms with van der Waals surface area (Å²) < 4.78 is 2.03. The van der Waals surface area contributed by atoms with Crippen LogP contribution in [0.5, 0.6) is 0 Å². The molecule has 0 aliphatic rings. The van der Waals surface area contributed by atoms with Gasteiger partial charge in [-0.05, 0) is 50.1 Å². The lowest BCUT2D eigenvalue weighted by atomic mass is 10.1. The number of aromatic nitrogens is 4. The molecule has 1 N–H and O–H groups in total. The molecule has 2 aromatic carbocycles. The molecule has 0 bridgehead atoms. The molecule has 29 heavy (non-hydrogen) atoms. The molecular weight excluding hydrogens is 358 g/mol. The van der Waals surface area contributed by atoms with Crippen LogP contribution in [0.3, 0.4) is 0 Å². The SMILES string of the molecule is Cc1ccc(C)c(-n2cc(CN(C)CCc3cn[nH]c3)c(-c3ccccc3)n2)c1. The Morgan fingerprint density at radius 1 is 1.07 bits per heavy atom. The van der Waals surface area contributed by atoms with Gasteiger partial charge in [0.15, 0.2) is 0 Å². The van der Waals surface area contributed by atoms with Crippen molar-refractivity contribution < 1.29 is 0 Å². The first-order valence-electron chi connectivity index (χ1n) is 9.98. The van der Waals surface area contributed by atoms with E-state index in [2.05, 4.69) is 84.7 Å². The number of H-pyrrole nitrogens is 1. The number of rotatable bonds is 7. The average Bonchev–Trinajstić information content (AvgIpc) is 3.39. The van der Waals surface area contributed by atoms with E-state index in [0.717, 1.165) is 36.5 Å².